The first-order chi connectivity index (χ1) is 16.5. The lowest BCUT2D eigenvalue weighted by molar-refractivity contribution is 0.0698. The van der Waals surface area contributed by atoms with E-state index in [1.165, 1.54) is 5.56 Å². The molecule has 1 unspecified atom stereocenters. The van der Waals surface area contributed by atoms with Crippen molar-refractivity contribution in [3.05, 3.63) is 94.5 Å². The van der Waals surface area contributed by atoms with Gasteiger partial charge < -0.3 is 14.3 Å². The summed E-state index contributed by atoms with van der Waals surface area (Å²) in [6.07, 6.45) is 1.70. The smallest absolute Gasteiger partial charge is 0.336 e. The fourth-order valence-corrected chi connectivity index (χ4v) is 5.04. The maximum atomic E-state index is 12.4. The van der Waals surface area contributed by atoms with E-state index in [1.807, 2.05) is 62.4 Å². The van der Waals surface area contributed by atoms with Crippen LogP contribution < -0.4 is 4.74 Å². The summed E-state index contributed by atoms with van der Waals surface area (Å²) in [7, 11) is 0. The number of furan rings is 1. The molecule has 168 valence electrons. The number of hydrogen-bond acceptors (Lipinski definition) is 4. The molecular weight excluding hydrogens is 426 g/mol. The van der Waals surface area contributed by atoms with Crippen molar-refractivity contribution in [1.29, 1.82) is 0 Å². The van der Waals surface area contributed by atoms with E-state index in [4.69, 9.17) is 14.1 Å². The second kappa shape index (κ2) is 7.73. The van der Waals surface area contributed by atoms with Crippen LogP contribution in [0.15, 0.2) is 71.1 Å². The van der Waals surface area contributed by atoms with Gasteiger partial charge in [-0.15, -0.1) is 0 Å². The van der Waals surface area contributed by atoms with E-state index in [2.05, 4.69) is 12.1 Å². The fourth-order valence-electron chi connectivity index (χ4n) is 5.04. The van der Waals surface area contributed by atoms with Crippen LogP contribution in [0.4, 0.5) is 0 Å². The van der Waals surface area contributed by atoms with Gasteiger partial charge in [-0.2, -0.15) is 0 Å². The van der Waals surface area contributed by atoms with Gasteiger partial charge in [0.25, 0.3) is 0 Å². The number of aryl methyl sites for hydroxylation is 3. The molecule has 0 saturated heterocycles. The van der Waals surface area contributed by atoms with Crippen molar-refractivity contribution < 1.29 is 19.1 Å². The summed E-state index contributed by atoms with van der Waals surface area (Å²) < 4.78 is 12.6. The summed E-state index contributed by atoms with van der Waals surface area (Å²) in [5.74, 6) is 0.103. The van der Waals surface area contributed by atoms with Crippen LogP contribution in [0.2, 0.25) is 0 Å². The van der Waals surface area contributed by atoms with Gasteiger partial charge >= 0.3 is 5.97 Å². The van der Waals surface area contributed by atoms with E-state index < -0.39 is 5.97 Å². The normalized spacial score (nSPS) is 15.1. The predicted octanol–water partition coefficient (Wildman–Crippen LogP) is 7.03. The van der Waals surface area contributed by atoms with Crippen LogP contribution in [0.25, 0.3) is 33.3 Å². The van der Waals surface area contributed by atoms with Crippen LogP contribution in [-0.4, -0.2) is 16.1 Å². The Labute approximate surface area is 196 Å². The summed E-state index contributed by atoms with van der Waals surface area (Å²) in [4.78, 5) is 17.3. The van der Waals surface area contributed by atoms with Crippen LogP contribution in [0, 0.1) is 13.8 Å². The molecule has 1 aliphatic rings. The number of carbonyl (C=O) groups is 1. The van der Waals surface area contributed by atoms with E-state index in [0.717, 1.165) is 40.5 Å². The third kappa shape index (κ3) is 3.16. The Morgan fingerprint density at radius 3 is 2.68 bits per heavy atom. The number of aromatic nitrogens is 1. The Bertz CT molecular complexity index is 1600. The number of carboxylic acid groups (broad SMARTS) is 1. The number of pyridine rings is 1. The molecule has 0 spiro atoms. The molecule has 0 bridgehead atoms. The summed E-state index contributed by atoms with van der Waals surface area (Å²) in [6, 6.07) is 21.4. The van der Waals surface area contributed by atoms with Gasteiger partial charge in [0.05, 0.1) is 16.5 Å². The number of para-hydroxylation sites is 1. The molecule has 1 aliphatic carbocycles. The zero-order valence-corrected chi connectivity index (χ0v) is 19.0. The number of ether oxygens (including phenoxy) is 1. The van der Waals surface area contributed by atoms with Crippen molar-refractivity contribution in [1.82, 2.24) is 4.98 Å². The van der Waals surface area contributed by atoms with E-state index in [1.54, 1.807) is 6.07 Å². The molecule has 3 aromatic carbocycles. The molecule has 5 nitrogen and oxygen atoms in total. The lowest BCUT2D eigenvalue weighted by atomic mass is 10.0. The average Bonchev–Trinajstić information content (AvgIpc) is 3.41. The number of rotatable bonds is 4. The van der Waals surface area contributed by atoms with Crippen molar-refractivity contribution in [2.24, 2.45) is 0 Å². The lowest BCUT2D eigenvalue weighted by Crippen LogP contribution is -2.07. The Kier molecular flexibility index (Phi) is 4.66. The highest BCUT2D eigenvalue weighted by molar-refractivity contribution is 6.07. The maximum absolute atomic E-state index is 12.4. The summed E-state index contributed by atoms with van der Waals surface area (Å²) in [6.45, 7) is 3.91. The van der Waals surface area contributed by atoms with Gasteiger partial charge in [-0.3, -0.25) is 0 Å². The van der Waals surface area contributed by atoms with Crippen molar-refractivity contribution in [2.75, 3.05) is 0 Å². The van der Waals surface area contributed by atoms with Crippen molar-refractivity contribution >= 4 is 27.8 Å². The number of carboxylic acids is 1. The van der Waals surface area contributed by atoms with Crippen LogP contribution >= 0.6 is 0 Å². The van der Waals surface area contributed by atoms with Crippen molar-refractivity contribution in [3.63, 3.8) is 0 Å². The molecule has 0 radical (unpaired) electrons. The lowest BCUT2D eigenvalue weighted by Gasteiger charge is -2.18. The van der Waals surface area contributed by atoms with E-state index >= 15 is 0 Å². The molecule has 0 aliphatic heterocycles. The SMILES string of the molecule is Cc1c(-c2cc(C(=O)O)c3c(OC4CCc5ccccc54)ccc(C)c3n2)oc2ccccc12. The molecule has 2 heterocycles. The zero-order chi connectivity index (χ0) is 23.4. The molecule has 6 rings (SSSR count). The van der Waals surface area contributed by atoms with Crippen LogP contribution in [0.1, 0.15) is 45.1 Å². The van der Waals surface area contributed by atoms with Gasteiger partial charge in [0.15, 0.2) is 5.76 Å². The molecule has 5 aromatic rings. The minimum atomic E-state index is -1.02. The summed E-state index contributed by atoms with van der Waals surface area (Å²) >= 11 is 0. The first kappa shape index (κ1) is 20.5. The first-order valence-electron chi connectivity index (χ1n) is 11.4. The second-order valence-electron chi connectivity index (χ2n) is 8.86. The molecule has 1 atom stereocenters. The molecule has 34 heavy (non-hydrogen) atoms. The molecular formula is C29H23NO4. The monoisotopic (exact) mass is 449 g/mol. The second-order valence-corrected chi connectivity index (χ2v) is 8.86. The highest BCUT2D eigenvalue weighted by atomic mass is 16.5. The highest BCUT2D eigenvalue weighted by Crippen LogP contribution is 2.40. The van der Waals surface area contributed by atoms with Crippen LogP contribution in [0.5, 0.6) is 5.75 Å². The van der Waals surface area contributed by atoms with Gasteiger partial charge in [0.2, 0.25) is 0 Å². The molecule has 1 N–H and O–H groups in total. The first-order valence-corrected chi connectivity index (χ1v) is 11.4. The quantitative estimate of drug-likeness (QED) is 0.319. The van der Waals surface area contributed by atoms with Gasteiger partial charge in [0, 0.05) is 10.9 Å². The Balaban J connectivity index is 1.53. The zero-order valence-electron chi connectivity index (χ0n) is 19.0. The van der Waals surface area contributed by atoms with E-state index in [-0.39, 0.29) is 11.7 Å². The van der Waals surface area contributed by atoms with Gasteiger partial charge in [-0.1, -0.05) is 48.5 Å². The van der Waals surface area contributed by atoms with Crippen LogP contribution in [0.3, 0.4) is 0 Å². The molecule has 0 saturated carbocycles. The van der Waals surface area contributed by atoms with Crippen molar-refractivity contribution in [2.45, 2.75) is 32.8 Å². The third-order valence-electron chi connectivity index (χ3n) is 6.78. The van der Waals surface area contributed by atoms with Gasteiger partial charge in [-0.05, 0) is 61.6 Å². The third-order valence-corrected chi connectivity index (χ3v) is 6.78. The fraction of sp³-hybridized carbons (Fsp3) is 0.172. The van der Waals surface area contributed by atoms with Gasteiger partial charge in [0.1, 0.15) is 23.1 Å². The topological polar surface area (TPSA) is 72.6 Å². The molecule has 2 aromatic heterocycles. The minimum Gasteiger partial charge on any atom is -0.485 e. The Morgan fingerprint density at radius 1 is 1.06 bits per heavy atom. The largest absolute Gasteiger partial charge is 0.485 e. The summed E-state index contributed by atoms with van der Waals surface area (Å²) in [5, 5.41) is 11.7. The number of benzene rings is 3. The highest BCUT2D eigenvalue weighted by Gasteiger charge is 2.26. The molecule has 0 fully saturated rings. The average molecular weight is 450 g/mol. The van der Waals surface area contributed by atoms with Gasteiger partial charge in [-0.25, -0.2) is 9.78 Å². The molecule has 5 heteroatoms. The Morgan fingerprint density at radius 2 is 1.85 bits per heavy atom. The predicted molar refractivity (Wildman–Crippen MR) is 132 cm³/mol. The molecule has 0 amide bonds. The van der Waals surface area contributed by atoms with E-state index in [0.29, 0.717) is 28.1 Å². The summed E-state index contributed by atoms with van der Waals surface area (Å²) in [5.41, 5.74) is 6.29. The minimum absolute atomic E-state index is 0.110. The Hall–Kier alpha value is -4.12. The number of fused-ring (bicyclic) bond motifs is 3. The van der Waals surface area contributed by atoms with Crippen LogP contribution in [-0.2, 0) is 6.42 Å². The van der Waals surface area contributed by atoms with E-state index in [9.17, 15) is 9.90 Å². The van der Waals surface area contributed by atoms with Crippen molar-refractivity contribution in [3.8, 4) is 17.2 Å². The number of hydrogen-bond donors (Lipinski definition) is 1. The number of nitrogens with zero attached hydrogens (tertiary/aromatic N) is 1. The standard InChI is InChI=1S/C29H23NO4/c1-16-11-13-25(33-24-14-12-18-7-3-4-9-20(18)24)26-21(29(31)32)15-22(30-27(16)26)28-17(2)19-8-5-6-10-23(19)34-28/h3-11,13,15,24H,12,14H2,1-2H3,(H,31,32). The number of aromatic carboxylic acids is 1. The maximum Gasteiger partial charge on any atom is 0.336 e.